The highest BCUT2D eigenvalue weighted by Gasteiger charge is 2.09. The summed E-state index contributed by atoms with van der Waals surface area (Å²) in [6, 6.07) is 15.3. The van der Waals surface area contributed by atoms with E-state index in [1.54, 1.807) is 31.4 Å². The van der Waals surface area contributed by atoms with Crippen LogP contribution in [0.1, 0.15) is 22.8 Å². The molecule has 2 aromatic rings. The summed E-state index contributed by atoms with van der Waals surface area (Å²) in [5.74, 6) is 0.467. The van der Waals surface area contributed by atoms with E-state index in [0.717, 1.165) is 13.1 Å². The minimum Gasteiger partial charge on any atom is -0.497 e. The van der Waals surface area contributed by atoms with Crippen LogP contribution in [-0.4, -0.2) is 37.8 Å². The summed E-state index contributed by atoms with van der Waals surface area (Å²) in [6.07, 6.45) is 0. The Kier molecular flexibility index (Phi) is 7.41. The smallest absolute Gasteiger partial charge is 0.257 e. The fraction of sp³-hybridized carbons (Fsp3) is 0.300. The van der Waals surface area contributed by atoms with Crippen molar-refractivity contribution >= 4 is 28.9 Å². The molecule has 0 aromatic heterocycles. The van der Waals surface area contributed by atoms with Gasteiger partial charge in [-0.05, 0) is 68.0 Å². The number of amides is 1. The van der Waals surface area contributed by atoms with Crippen LogP contribution in [0, 0.1) is 6.92 Å². The lowest BCUT2D eigenvalue weighted by atomic mass is 10.2. The number of methoxy groups -OCH3 is 1. The van der Waals surface area contributed by atoms with Crippen LogP contribution in [0.5, 0.6) is 5.75 Å². The Morgan fingerprint density at radius 1 is 1.19 bits per heavy atom. The van der Waals surface area contributed by atoms with Gasteiger partial charge in [0.25, 0.3) is 5.91 Å². The van der Waals surface area contributed by atoms with Crippen LogP contribution in [0.15, 0.2) is 48.5 Å². The van der Waals surface area contributed by atoms with Crippen LogP contribution in [0.2, 0.25) is 0 Å². The van der Waals surface area contributed by atoms with Crippen molar-refractivity contribution in [3.05, 3.63) is 59.7 Å². The van der Waals surface area contributed by atoms with Gasteiger partial charge in [0.15, 0.2) is 5.11 Å². The molecule has 0 bridgehead atoms. The lowest BCUT2D eigenvalue weighted by molar-refractivity contribution is 0.0976. The van der Waals surface area contributed by atoms with Gasteiger partial charge in [-0.1, -0.05) is 12.1 Å². The quantitative estimate of drug-likeness (QED) is 0.733. The van der Waals surface area contributed by atoms with Gasteiger partial charge < -0.3 is 15.0 Å². The van der Waals surface area contributed by atoms with Crippen LogP contribution < -0.4 is 20.3 Å². The first-order chi connectivity index (χ1) is 12.5. The van der Waals surface area contributed by atoms with Crippen molar-refractivity contribution in [3.63, 3.8) is 0 Å². The maximum absolute atomic E-state index is 12.2. The molecule has 2 aromatic carbocycles. The van der Waals surface area contributed by atoms with E-state index >= 15 is 0 Å². The molecule has 0 radical (unpaired) electrons. The van der Waals surface area contributed by atoms with Crippen molar-refractivity contribution in [2.45, 2.75) is 13.8 Å². The number of nitrogens with zero attached hydrogens (tertiary/aromatic N) is 1. The number of aryl methyl sites for hydroxylation is 1. The first kappa shape index (κ1) is 19.7. The molecule has 0 aliphatic heterocycles. The van der Waals surface area contributed by atoms with Crippen molar-refractivity contribution in [1.29, 1.82) is 0 Å². The Morgan fingerprint density at radius 2 is 1.92 bits per heavy atom. The second kappa shape index (κ2) is 9.77. The van der Waals surface area contributed by atoms with Crippen molar-refractivity contribution in [2.75, 3.05) is 31.6 Å². The van der Waals surface area contributed by atoms with Crippen molar-refractivity contribution in [1.82, 2.24) is 10.6 Å². The molecule has 0 unspecified atom stereocenters. The summed E-state index contributed by atoms with van der Waals surface area (Å²) in [5.41, 5.74) is 2.95. The second-order valence-electron chi connectivity index (χ2n) is 5.86. The van der Waals surface area contributed by atoms with E-state index in [1.807, 2.05) is 0 Å². The Bertz CT molecular complexity index is 747. The van der Waals surface area contributed by atoms with Crippen molar-refractivity contribution in [2.24, 2.45) is 0 Å². The largest absolute Gasteiger partial charge is 0.497 e. The van der Waals surface area contributed by atoms with E-state index in [4.69, 9.17) is 17.0 Å². The van der Waals surface area contributed by atoms with Gasteiger partial charge in [-0.15, -0.1) is 0 Å². The third kappa shape index (κ3) is 5.74. The molecule has 138 valence electrons. The van der Waals surface area contributed by atoms with Crippen molar-refractivity contribution in [3.8, 4) is 5.75 Å². The maximum atomic E-state index is 12.2. The molecule has 5 nitrogen and oxygen atoms in total. The van der Waals surface area contributed by atoms with Gasteiger partial charge in [-0.3, -0.25) is 10.1 Å². The van der Waals surface area contributed by atoms with Gasteiger partial charge in [-0.2, -0.15) is 0 Å². The van der Waals surface area contributed by atoms with Gasteiger partial charge in [0.05, 0.1) is 7.11 Å². The minimum atomic E-state index is -0.240. The van der Waals surface area contributed by atoms with Gasteiger partial charge in [0.1, 0.15) is 5.75 Å². The fourth-order valence-corrected chi connectivity index (χ4v) is 2.76. The molecule has 0 saturated heterocycles. The Hall–Kier alpha value is -2.60. The Labute approximate surface area is 160 Å². The van der Waals surface area contributed by atoms with Gasteiger partial charge in [0, 0.05) is 30.9 Å². The molecule has 6 heteroatoms. The van der Waals surface area contributed by atoms with E-state index in [9.17, 15) is 4.79 Å². The number of carbonyl (C=O) groups excluding carboxylic acids is 1. The zero-order valence-corrected chi connectivity index (χ0v) is 16.2. The average Bonchev–Trinajstić information content (AvgIpc) is 2.65. The molecule has 0 atom stereocenters. The molecule has 0 heterocycles. The highest BCUT2D eigenvalue weighted by molar-refractivity contribution is 7.80. The number of benzene rings is 2. The van der Waals surface area contributed by atoms with Crippen LogP contribution in [-0.2, 0) is 0 Å². The van der Waals surface area contributed by atoms with E-state index in [0.29, 0.717) is 23.0 Å². The lowest BCUT2D eigenvalue weighted by Gasteiger charge is -2.24. The highest BCUT2D eigenvalue weighted by atomic mass is 32.1. The first-order valence-electron chi connectivity index (χ1n) is 8.58. The lowest BCUT2D eigenvalue weighted by Crippen LogP contribution is -2.42. The molecule has 0 aliphatic carbocycles. The summed E-state index contributed by atoms with van der Waals surface area (Å²) in [7, 11) is 1.59. The number of anilines is 1. The number of nitrogens with one attached hydrogen (secondary N) is 2. The molecular weight excluding hydrogens is 346 g/mol. The average molecular weight is 372 g/mol. The SMILES string of the molecule is CCN(CCNC(=S)NC(=O)c1ccc(OC)cc1)c1cccc(C)c1. The monoisotopic (exact) mass is 371 g/mol. The normalized spacial score (nSPS) is 10.1. The summed E-state index contributed by atoms with van der Waals surface area (Å²) in [4.78, 5) is 14.4. The molecule has 2 N–H and O–H groups in total. The van der Waals surface area contributed by atoms with Crippen LogP contribution >= 0.6 is 12.2 Å². The molecule has 0 fully saturated rings. The standard InChI is InChI=1S/C20H25N3O2S/c1-4-23(17-7-5-6-15(2)14-17)13-12-21-20(26)22-19(24)16-8-10-18(25-3)11-9-16/h5-11,14H,4,12-13H2,1-3H3,(H2,21,22,24,26). The van der Waals surface area contributed by atoms with E-state index in [2.05, 4.69) is 53.6 Å². The van der Waals surface area contributed by atoms with Crippen LogP contribution in [0.25, 0.3) is 0 Å². The maximum Gasteiger partial charge on any atom is 0.257 e. The Morgan fingerprint density at radius 3 is 2.54 bits per heavy atom. The van der Waals surface area contributed by atoms with Crippen LogP contribution in [0.4, 0.5) is 5.69 Å². The number of ether oxygens (including phenoxy) is 1. The number of carbonyl (C=O) groups is 1. The predicted octanol–water partition coefficient (Wildman–Crippen LogP) is 3.13. The number of rotatable bonds is 7. The fourth-order valence-electron chi connectivity index (χ4n) is 2.56. The predicted molar refractivity (Wildman–Crippen MR) is 110 cm³/mol. The number of hydrogen-bond donors (Lipinski definition) is 2. The summed E-state index contributed by atoms with van der Waals surface area (Å²) in [5, 5.41) is 6.11. The van der Waals surface area contributed by atoms with E-state index in [-0.39, 0.29) is 5.91 Å². The number of likely N-dealkylation sites (N-methyl/N-ethyl adjacent to an activating group) is 1. The molecule has 0 aliphatic rings. The highest BCUT2D eigenvalue weighted by Crippen LogP contribution is 2.15. The zero-order valence-electron chi connectivity index (χ0n) is 15.4. The zero-order chi connectivity index (χ0) is 18.9. The third-order valence-electron chi connectivity index (χ3n) is 4.00. The second-order valence-corrected chi connectivity index (χ2v) is 6.27. The van der Waals surface area contributed by atoms with E-state index < -0.39 is 0 Å². The Balaban J connectivity index is 1.81. The third-order valence-corrected chi connectivity index (χ3v) is 4.24. The number of hydrogen-bond acceptors (Lipinski definition) is 4. The molecule has 26 heavy (non-hydrogen) atoms. The molecule has 0 spiro atoms. The summed E-state index contributed by atoms with van der Waals surface area (Å²) >= 11 is 5.22. The number of thiocarbonyl (C=S) groups is 1. The van der Waals surface area contributed by atoms with Crippen molar-refractivity contribution < 1.29 is 9.53 Å². The van der Waals surface area contributed by atoms with E-state index in [1.165, 1.54) is 11.3 Å². The minimum absolute atomic E-state index is 0.240. The van der Waals surface area contributed by atoms with Gasteiger partial charge in [-0.25, -0.2) is 0 Å². The molecule has 2 rings (SSSR count). The summed E-state index contributed by atoms with van der Waals surface area (Å²) < 4.78 is 5.09. The molecular formula is C20H25N3O2S. The van der Waals surface area contributed by atoms with Gasteiger partial charge >= 0.3 is 0 Å². The van der Waals surface area contributed by atoms with Crippen LogP contribution in [0.3, 0.4) is 0 Å². The molecule has 0 saturated carbocycles. The first-order valence-corrected chi connectivity index (χ1v) is 8.99. The summed E-state index contributed by atoms with van der Waals surface area (Å²) in [6.45, 7) is 6.53. The molecule has 1 amide bonds. The van der Waals surface area contributed by atoms with Gasteiger partial charge in [0.2, 0.25) is 0 Å². The topological polar surface area (TPSA) is 53.6 Å².